The van der Waals surface area contributed by atoms with Crippen molar-refractivity contribution < 1.29 is 0 Å². The third-order valence-electron chi connectivity index (χ3n) is 4.94. The van der Waals surface area contributed by atoms with Crippen molar-refractivity contribution in [2.24, 2.45) is 0 Å². The van der Waals surface area contributed by atoms with Gasteiger partial charge < -0.3 is 0 Å². The molecule has 2 heteroatoms. The SMILES string of the molecule is C/C=C(\c1ccccc1)C(C)N1CCCN2CCCC21. The lowest BCUT2D eigenvalue weighted by molar-refractivity contribution is 0.0226. The van der Waals surface area contributed by atoms with E-state index in [0.29, 0.717) is 12.2 Å². The first-order chi connectivity index (χ1) is 9.81. The van der Waals surface area contributed by atoms with Crippen molar-refractivity contribution in [2.45, 2.75) is 45.3 Å². The van der Waals surface area contributed by atoms with Gasteiger partial charge in [0.25, 0.3) is 0 Å². The summed E-state index contributed by atoms with van der Waals surface area (Å²) in [5.41, 5.74) is 2.84. The van der Waals surface area contributed by atoms with E-state index < -0.39 is 0 Å². The number of hydrogen-bond acceptors (Lipinski definition) is 2. The minimum atomic E-state index is 0.508. The van der Waals surface area contributed by atoms with Crippen LogP contribution in [0.3, 0.4) is 0 Å². The van der Waals surface area contributed by atoms with Gasteiger partial charge in [-0.15, -0.1) is 0 Å². The van der Waals surface area contributed by atoms with Crippen molar-refractivity contribution in [3.05, 3.63) is 42.0 Å². The summed E-state index contributed by atoms with van der Waals surface area (Å²) in [5.74, 6) is 0. The topological polar surface area (TPSA) is 6.48 Å². The predicted molar refractivity (Wildman–Crippen MR) is 85.5 cm³/mol. The number of nitrogens with zero attached hydrogens (tertiary/aromatic N) is 2. The first-order valence-corrected chi connectivity index (χ1v) is 8.02. The molecule has 2 aliphatic rings. The Morgan fingerprint density at radius 3 is 2.65 bits per heavy atom. The van der Waals surface area contributed by atoms with Gasteiger partial charge in [0, 0.05) is 19.1 Å². The van der Waals surface area contributed by atoms with Gasteiger partial charge in [-0.05, 0) is 50.8 Å². The highest BCUT2D eigenvalue weighted by molar-refractivity contribution is 5.69. The molecule has 0 saturated carbocycles. The number of fused-ring (bicyclic) bond motifs is 1. The molecule has 0 bridgehead atoms. The molecule has 2 heterocycles. The van der Waals surface area contributed by atoms with Crippen LogP contribution in [0.4, 0.5) is 0 Å². The average Bonchev–Trinajstić information content (AvgIpc) is 2.97. The Morgan fingerprint density at radius 1 is 1.15 bits per heavy atom. The molecule has 3 rings (SSSR count). The fraction of sp³-hybridized carbons (Fsp3) is 0.556. The van der Waals surface area contributed by atoms with E-state index in [2.05, 4.69) is 60.1 Å². The Balaban J connectivity index is 1.81. The molecule has 1 aromatic carbocycles. The quantitative estimate of drug-likeness (QED) is 0.828. The van der Waals surface area contributed by atoms with Gasteiger partial charge in [-0.3, -0.25) is 9.80 Å². The second-order valence-corrected chi connectivity index (χ2v) is 6.04. The first-order valence-electron chi connectivity index (χ1n) is 8.02. The van der Waals surface area contributed by atoms with Gasteiger partial charge in [-0.1, -0.05) is 36.4 Å². The molecule has 2 fully saturated rings. The van der Waals surface area contributed by atoms with Crippen LogP contribution in [0.5, 0.6) is 0 Å². The highest BCUT2D eigenvalue weighted by atomic mass is 15.4. The monoisotopic (exact) mass is 270 g/mol. The van der Waals surface area contributed by atoms with Gasteiger partial charge in [0.15, 0.2) is 0 Å². The summed E-state index contributed by atoms with van der Waals surface area (Å²) in [4.78, 5) is 5.40. The molecule has 20 heavy (non-hydrogen) atoms. The predicted octanol–water partition coefficient (Wildman–Crippen LogP) is 3.61. The molecular weight excluding hydrogens is 244 g/mol. The first kappa shape index (κ1) is 13.8. The fourth-order valence-electron chi connectivity index (χ4n) is 3.96. The third kappa shape index (κ3) is 2.55. The molecule has 0 amide bonds. The van der Waals surface area contributed by atoms with Crippen LogP contribution in [0.15, 0.2) is 36.4 Å². The summed E-state index contributed by atoms with van der Waals surface area (Å²) in [6.07, 6.45) is 7.00. The standard InChI is InChI=1S/C18H26N2/c1-3-17(16-9-5-4-6-10-16)15(2)20-14-8-13-19-12-7-11-18(19)20/h3-6,9-10,15,18H,7-8,11-14H2,1-2H3/b17-3-. The van der Waals surface area contributed by atoms with E-state index in [9.17, 15) is 0 Å². The Bertz CT molecular complexity index is 466. The van der Waals surface area contributed by atoms with Crippen LogP contribution in [0, 0.1) is 0 Å². The Labute approximate surface area is 123 Å². The van der Waals surface area contributed by atoms with Gasteiger partial charge in [0.1, 0.15) is 0 Å². The smallest absolute Gasteiger partial charge is 0.0628 e. The minimum Gasteiger partial charge on any atom is -0.288 e. The zero-order chi connectivity index (χ0) is 13.9. The molecule has 0 aromatic heterocycles. The Kier molecular flexibility index (Phi) is 4.23. The van der Waals surface area contributed by atoms with E-state index in [4.69, 9.17) is 0 Å². The zero-order valence-electron chi connectivity index (χ0n) is 12.8. The average molecular weight is 270 g/mol. The minimum absolute atomic E-state index is 0.508. The maximum atomic E-state index is 2.72. The lowest BCUT2D eigenvalue weighted by Gasteiger charge is -2.44. The van der Waals surface area contributed by atoms with Crippen LogP contribution < -0.4 is 0 Å². The Hall–Kier alpha value is -1.12. The molecular formula is C18H26N2. The van der Waals surface area contributed by atoms with Crippen molar-refractivity contribution in [3.63, 3.8) is 0 Å². The van der Waals surface area contributed by atoms with Crippen molar-refractivity contribution in [3.8, 4) is 0 Å². The van der Waals surface area contributed by atoms with Gasteiger partial charge in [-0.25, -0.2) is 0 Å². The molecule has 0 N–H and O–H groups in total. The normalized spacial score (nSPS) is 26.5. The number of allylic oxidation sites excluding steroid dienone is 1. The molecule has 2 unspecified atom stereocenters. The van der Waals surface area contributed by atoms with Crippen LogP contribution in [-0.4, -0.2) is 41.6 Å². The summed E-state index contributed by atoms with van der Waals surface area (Å²) in [6.45, 7) is 8.39. The van der Waals surface area contributed by atoms with E-state index in [-0.39, 0.29) is 0 Å². The summed E-state index contributed by atoms with van der Waals surface area (Å²) < 4.78 is 0. The summed E-state index contributed by atoms with van der Waals surface area (Å²) in [6, 6.07) is 11.4. The van der Waals surface area contributed by atoms with Gasteiger partial charge in [-0.2, -0.15) is 0 Å². The van der Waals surface area contributed by atoms with Gasteiger partial charge >= 0.3 is 0 Å². The molecule has 2 nitrogen and oxygen atoms in total. The molecule has 2 atom stereocenters. The van der Waals surface area contributed by atoms with Crippen LogP contribution in [0.2, 0.25) is 0 Å². The maximum Gasteiger partial charge on any atom is 0.0628 e. The van der Waals surface area contributed by atoms with Crippen LogP contribution in [-0.2, 0) is 0 Å². The third-order valence-corrected chi connectivity index (χ3v) is 4.94. The molecule has 2 aliphatic heterocycles. The van der Waals surface area contributed by atoms with Crippen LogP contribution in [0.25, 0.3) is 5.57 Å². The molecule has 2 saturated heterocycles. The van der Waals surface area contributed by atoms with E-state index in [0.717, 1.165) is 0 Å². The molecule has 1 aromatic rings. The molecule has 108 valence electrons. The van der Waals surface area contributed by atoms with E-state index in [1.54, 1.807) is 0 Å². The molecule has 0 aliphatic carbocycles. The number of hydrogen-bond donors (Lipinski definition) is 0. The summed E-state index contributed by atoms with van der Waals surface area (Å²) in [5, 5.41) is 0. The highest BCUT2D eigenvalue weighted by Crippen LogP contribution is 2.31. The summed E-state index contributed by atoms with van der Waals surface area (Å²) >= 11 is 0. The largest absolute Gasteiger partial charge is 0.288 e. The highest BCUT2D eigenvalue weighted by Gasteiger charge is 2.35. The lowest BCUT2D eigenvalue weighted by atomic mass is 9.96. The van der Waals surface area contributed by atoms with Crippen LogP contribution in [0.1, 0.15) is 38.7 Å². The van der Waals surface area contributed by atoms with Crippen molar-refractivity contribution in [1.29, 1.82) is 0 Å². The van der Waals surface area contributed by atoms with E-state index in [1.165, 1.54) is 50.0 Å². The Morgan fingerprint density at radius 2 is 1.90 bits per heavy atom. The van der Waals surface area contributed by atoms with Crippen molar-refractivity contribution >= 4 is 5.57 Å². The number of benzene rings is 1. The molecule has 0 spiro atoms. The second-order valence-electron chi connectivity index (χ2n) is 6.04. The van der Waals surface area contributed by atoms with Gasteiger partial charge in [0.05, 0.1) is 6.17 Å². The lowest BCUT2D eigenvalue weighted by Crippen LogP contribution is -2.53. The zero-order valence-corrected chi connectivity index (χ0v) is 12.8. The number of rotatable bonds is 3. The maximum absolute atomic E-state index is 2.72. The van der Waals surface area contributed by atoms with Crippen molar-refractivity contribution in [2.75, 3.05) is 19.6 Å². The summed E-state index contributed by atoms with van der Waals surface area (Å²) in [7, 11) is 0. The van der Waals surface area contributed by atoms with Crippen LogP contribution >= 0.6 is 0 Å². The second kappa shape index (κ2) is 6.11. The fourth-order valence-corrected chi connectivity index (χ4v) is 3.96. The van der Waals surface area contributed by atoms with E-state index in [1.807, 2.05) is 0 Å². The van der Waals surface area contributed by atoms with Crippen molar-refractivity contribution in [1.82, 2.24) is 9.80 Å². The molecule has 0 radical (unpaired) electrons. The van der Waals surface area contributed by atoms with E-state index >= 15 is 0 Å². The van der Waals surface area contributed by atoms with Gasteiger partial charge in [0.2, 0.25) is 0 Å².